The number of hydrazine groups is 1. The van der Waals surface area contributed by atoms with Gasteiger partial charge in [-0.15, -0.1) is 11.3 Å². The van der Waals surface area contributed by atoms with Gasteiger partial charge in [0.15, 0.2) is 5.11 Å². The zero-order valence-corrected chi connectivity index (χ0v) is 16.3. The predicted molar refractivity (Wildman–Crippen MR) is 107 cm³/mol. The monoisotopic (exact) mass is 449 g/mol. The summed E-state index contributed by atoms with van der Waals surface area (Å²) in [5.74, 6) is -1.14. The molecule has 10 heteroatoms. The van der Waals surface area contributed by atoms with Crippen LogP contribution >= 0.6 is 39.5 Å². The van der Waals surface area contributed by atoms with E-state index in [-0.39, 0.29) is 10.7 Å². The molecule has 2 aromatic heterocycles. The molecule has 0 bridgehead atoms. The van der Waals surface area contributed by atoms with Crippen molar-refractivity contribution in [3.63, 3.8) is 0 Å². The van der Waals surface area contributed by atoms with E-state index < -0.39 is 11.8 Å². The Balaban J connectivity index is 1.82. The van der Waals surface area contributed by atoms with Crippen molar-refractivity contribution in [3.05, 3.63) is 56.5 Å². The molecule has 2 rings (SSSR count). The summed E-state index contributed by atoms with van der Waals surface area (Å²) in [4.78, 5) is 27.5. The van der Waals surface area contributed by atoms with Crippen LogP contribution in [-0.2, 0) is 9.59 Å². The highest BCUT2D eigenvalue weighted by atomic mass is 79.9. The molecule has 7 nitrogen and oxygen atoms in total. The number of thiophene rings is 1. The van der Waals surface area contributed by atoms with Gasteiger partial charge in [0, 0.05) is 22.8 Å². The molecule has 132 valence electrons. The molecule has 0 saturated carbocycles. The highest BCUT2D eigenvalue weighted by Crippen LogP contribution is 2.22. The molecule has 0 unspecified atom stereocenters. The fraction of sp³-hybridized carbons (Fsp3) is 0. The van der Waals surface area contributed by atoms with E-state index in [9.17, 15) is 9.59 Å². The maximum absolute atomic E-state index is 11.9. The lowest BCUT2D eigenvalue weighted by atomic mass is 10.2. The highest BCUT2D eigenvalue weighted by molar-refractivity contribution is 9.11. The van der Waals surface area contributed by atoms with Gasteiger partial charge in [0.05, 0.1) is 3.79 Å². The Kier molecular flexibility index (Phi) is 7.28. The number of nitrogens with zero attached hydrogens (tertiary/aromatic N) is 1. The van der Waals surface area contributed by atoms with Gasteiger partial charge in [-0.3, -0.25) is 25.8 Å². The second kappa shape index (κ2) is 9.67. The van der Waals surface area contributed by atoms with Crippen LogP contribution in [0.3, 0.4) is 0 Å². The Morgan fingerprint density at radius 1 is 1.31 bits per heavy atom. The number of halogens is 1. The molecule has 26 heavy (non-hydrogen) atoms. The van der Waals surface area contributed by atoms with Crippen LogP contribution in [0.1, 0.15) is 10.6 Å². The van der Waals surface area contributed by atoms with Crippen molar-refractivity contribution in [2.24, 2.45) is 0 Å². The highest BCUT2D eigenvalue weighted by Gasteiger charge is 2.10. The van der Waals surface area contributed by atoms with Crippen molar-refractivity contribution in [3.8, 4) is 6.07 Å². The number of nitrogens with one attached hydrogen (secondary N) is 4. The first-order valence-electron chi connectivity index (χ1n) is 7.08. The maximum atomic E-state index is 11.9. The molecule has 2 heterocycles. The van der Waals surface area contributed by atoms with E-state index in [1.165, 1.54) is 23.5 Å². The molecule has 0 aromatic carbocycles. The third-order valence-corrected chi connectivity index (χ3v) is 4.60. The average Bonchev–Trinajstić information content (AvgIpc) is 3.27. The lowest BCUT2D eigenvalue weighted by molar-refractivity contribution is -0.118. The summed E-state index contributed by atoms with van der Waals surface area (Å²) in [6.45, 7) is 0. The minimum Gasteiger partial charge on any atom is -0.362 e. The van der Waals surface area contributed by atoms with Crippen LogP contribution in [0.2, 0.25) is 0 Å². The first-order valence-corrected chi connectivity index (χ1v) is 9.09. The Bertz CT molecular complexity index is 909. The van der Waals surface area contributed by atoms with Crippen molar-refractivity contribution >= 4 is 68.6 Å². The number of H-pyrrole nitrogens is 1. The summed E-state index contributed by atoms with van der Waals surface area (Å²) in [5.41, 5.74) is 5.10. The molecule has 0 aliphatic carbocycles. The first-order chi connectivity index (χ1) is 12.5. The standard InChI is InChI=1S/C16H12BrN5O2S2/c17-13-5-3-12(26-13)4-6-14(23)20-16(25)22-21-15(24)10(9-18)8-11-2-1-7-19-11/h1-8,19H,(H,21,24)(H2,20,22,23,25)/b6-4+,10-8-. The van der Waals surface area contributed by atoms with Crippen LogP contribution in [0.15, 0.2) is 45.9 Å². The predicted octanol–water partition coefficient (Wildman–Crippen LogP) is 2.48. The van der Waals surface area contributed by atoms with Gasteiger partial charge in [0.2, 0.25) is 5.91 Å². The minimum absolute atomic E-state index is 0.0995. The van der Waals surface area contributed by atoms with Crippen LogP contribution in [0.25, 0.3) is 12.2 Å². The number of rotatable bonds is 4. The molecule has 0 aliphatic heterocycles. The summed E-state index contributed by atoms with van der Waals surface area (Å²) in [7, 11) is 0. The largest absolute Gasteiger partial charge is 0.362 e. The minimum atomic E-state index is -0.683. The van der Waals surface area contributed by atoms with E-state index in [2.05, 4.69) is 37.1 Å². The Hall–Kier alpha value is -2.74. The number of nitriles is 1. The van der Waals surface area contributed by atoms with E-state index >= 15 is 0 Å². The van der Waals surface area contributed by atoms with Gasteiger partial charge in [0.1, 0.15) is 11.6 Å². The lowest BCUT2D eigenvalue weighted by Crippen LogP contribution is -2.48. The molecule has 2 amide bonds. The maximum Gasteiger partial charge on any atom is 0.280 e. The van der Waals surface area contributed by atoms with Crippen LogP contribution in [0, 0.1) is 11.3 Å². The van der Waals surface area contributed by atoms with Gasteiger partial charge in [0.25, 0.3) is 5.91 Å². The number of thiocarbonyl (C=S) groups is 1. The second-order valence-electron chi connectivity index (χ2n) is 4.67. The number of amides is 2. The molecule has 0 fully saturated rings. The number of carbonyl (C=O) groups is 2. The van der Waals surface area contributed by atoms with E-state index in [0.29, 0.717) is 5.69 Å². The van der Waals surface area contributed by atoms with Gasteiger partial charge in [-0.05, 0) is 64.6 Å². The van der Waals surface area contributed by atoms with Crippen molar-refractivity contribution in [2.75, 3.05) is 0 Å². The third kappa shape index (κ3) is 6.29. The van der Waals surface area contributed by atoms with E-state index in [1.807, 2.05) is 12.1 Å². The smallest absolute Gasteiger partial charge is 0.280 e. The first kappa shape index (κ1) is 19.6. The van der Waals surface area contributed by atoms with Crippen LogP contribution in [0.5, 0.6) is 0 Å². The van der Waals surface area contributed by atoms with Crippen molar-refractivity contribution in [2.45, 2.75) is 0 Å². The fourth-order valence-corrected chi connectivity index (χ4v) is 3.16. The van der Waals surface area contributed by atoms with Gasteiger partial charge < -0.3 is 4.98 Å². The number of carbonyl (C=O) groups excluding carboxylic acids is 2. The summed E-state index contributed by atoms with van der Waals surface area (Å²) in [6, 6.07) is 8.97. The third-order valence-electron chi connectivity index (χ3n) is 2.81. The van der Waals surface area contributed by atoms with E-state index in [1.54, 1.807) is 30.5 Å². The zero-order valence-electron chi connectivity index (χ0n) is 13.1. The van der Waals surface area contributed by atoms with Crippen LogP contribution < -0.4 is 16.2 Å². The van der Waals surface area contributed by atoms with Gasteiger partial charge >= 0.3 is 0 Å². The van der Waals surface area contributed by atoms with Crippen molar-refractivity contribution in [1.29, 1.82) is 5.26 Å². The van der Waals surface area contributed by atoms with Crippen molar-refractivity contribution in [1.82, 2.24) is 21.2 Å². The quantitative estimate of drug-likeness (QED) is 0.248. The molecule has 4 N–H and O–H groups in total. The molecular formula is C16H12BrN5O2S2. The van der Waals surface area contributed by atoms with Gasteiger partial charge in [-0.25, -0.2) is 0 Å². The van der Waals surface area contributed by atoms with Crippen molar-refractivity contribution < 1.29 is 9.59 Å². The molecule has 0 atom stereocenters. The summed E-state index contributed by atoms with van der Waals surface area (Å²) >= 11 is 9.73. The van der Waals surface area contributed by atoms with E-state index in [4.69, 9.17) is 17.5 Å². The zero-order chi connectivity index (χ0) is 18.9. The Morgan fingerprint density at radius 3 is 2.73 bits per heavy atom. The van der Waals surface area contributed by atoms with Crippen LogP contribution in [-0.4, -0.2) is 21.9 Å². The SMILES string of the molecule is N#C/C(=C/c1ccc[nH]1)C(=O)NNC(=S)NC(=O)/C=C/c1ccc(Br)s1. The number of aromatic nitrogens is 1. The lowest BCUT2D eigenvalue weighted by Gasteiger charge is -2.08. The Morgan fingerprint density at radius 2 is 2.12 bits per heavy atom. The molecule has 0 radical (unpaired) electrons. The molecule has 0 saturated heterocycles. The molecular weight excluding hydrogens is 438 g/mol. The molecule has 0 aliphatic rings. The molecule has 0 spiro atoms. The average molecular weight is 450 g/mol. The number of hydrogen-bond acceptors (Lipinski definition) is 5. The van der Waals surface area contributed by atoms with Crippen LogP contribution in [0.4, 0.5) is 0 Å². The fourth-order valence-electron chi connectivity index (χ4n) is 1.68. The summed E-state index contributed by atoms with van der Waals surface area (Å²) in [6.07, 6.45) is 6.02. The van der Waals surface area contributed by atoms with Gasteiger partial charge in [-0.1, -0.05) is 0 Å². The Labute approximate surface area is 166 Å². The summed E-state index contributed by atoms with van der Waals surface area (Å²) in [5, 5.41) is 11.3. The number of hydrogen-bond donors (Lipinski definition) is 4. The van der Waals surface area contributed by atoms with E-state index in [0.717, 1.165) is 8.66 Å². The second-order valence-corrected chi connectivity index (χ2v) is 7.57. The normalized spacial score (nSPS) is 11.0. The van der Waals surface area contributed by atoms with Gasteiger partial charge in [-0.2, -0.15) is 5.26 Å². The summed E-state index contributed by atoms with van der Waals surface area (Å²) < 4.78 is 0.957. The molecule has 2 aromatic rings. The number of aromatic amines is 1. The topological polar surface area (TPSA) is 110 Å².